The number of nitrogens with one attached hydrogen (secondary N) is 1. The van der Waals surface area contributed by atoms with Crippen molar-refractivity contribution in [1.82, 2.24) is 9.97 Å². The van der Waals surface area contributed by atoms with Crippen LogP contribution in [0.25, 0.3) is 11.3 Å². The first-order valence-electron chi connectivity index (χ1n) is 6.89. The molecule has 2 aromatic heterocycles. The van der Waals surface area contributed by atoms with Gasteiger partial charge in [-0.05, 0) is 24.3 Å². The highest BCUT2D eigenvalue weighted by atomic mass is 35.5. The van der Waals surface area contributed by atoms with Crippen LogP contribution in [0.15, 0.2) is 48.0 Å². The molecule has 0 aliphatic heterocycles. The van der Waals surface area contributed by atoms with E-state index in [9.17, 15) is 18.0 Å². The average Bonchev–Trinajstić information content (AvgIpc) is 3.03. The Morgan fingerprint density at radius 1 is 1.20 bits per heavy atom. The summed E-state index contributed by atoms with van der Waals surface area (Å²) in [4.78, 5) is 20.1. The minimum Gasteiger partial charge on any atom is -0.296 e. The van der Waals surface area contributed by atoms with Gasteiger partial charge in [0.2, 0.25) is 0 Å². The molecule has 1 amide bonds. The van der Waals surface area contributed by atoms with Crippen molar-refractivity contribution in [2.75, 3.05) is 5.32 Å². The Morgan fingerprint density at radius 2 is 2.00 bits per heavy atom. The van der Waals surface area contributed by atoms with Gasteiger partial charge in [-0.3, -0.25) is 15.1 Å². The smallest absolute Gasteiger partial charge is 0.296 e. The number of anilines is 1. The number of carbonyl (C=O) groups excluding carboxylic acids is 1. The maximum Gasteiger partial charge on any atom is 0.416 e. The third-order valence-electron chi connectivity index (χ3n) is 3.16. The van der Waals surface area contributed by atoms with Crippen LogP contribution in [0.5, 0.6) is 0 Å². The SMILES string of the molecule is O=C(Nc1nc(-c2cccc(C(F)(F)F)c2)cs1)c1cc(Cl)ccn1. The van der Waals surface area contributed by atoms with Gasteiger partial charge in [-0.2, -0.15) is 13.2 Å². The molecule has 0 aliphatic carbocycles. The molecule has 1 N–H and O–H groups in total. The zero-order valence-corrected chi connectivity index (χ0v) is 13.9. The summed E-state index contributed by atoms with van der Waals surface area (Å²) >= 11 is 6.90. The quantitative estimate of drug-likeness (QED) is 0.682. The molecule has 0 bridgehead atoms. The number of benzene rings is 1. The first-order valence-corrected chi connectivity index (χ1v) is 8.15. The number of hydrogen-bond acceptors (Lipinski definition) is 4. The summed E-state index contributed by atoms with van der Waals surface area (Å²) in [5.74, 6) is -0.507. The fourth-order valence-corrected chi connectivity index (χ4v) is 2.88. The predicted octanol–water partition coefficient (Wildman–Crippen LogP) is 5.13. The lowest BCUT2D eigenvalue weighted by Gasteiger charge is -2.07. The van der Waals surface area contributed by atoms with Gasteiger partial charge in [0.15, 0.2) is 5.13 Å². The van der Waals surface area contributed by atoms with Crippen molar-refractivity contribution >= 4 is 34.0 Å². The summed E-state index contributed by atoms with van der Waals surface area (Å²) in [5.41, 5.74) is 0.00735. The van der Waals surface area contributed by atoms with Gasteiger partial charge >= 0.3 is 6.18 Å². The maximum absolute atomic E-state index is 12.8. The Balaban J connectivity index is 1.80. The predicted molar refractivity (Wildman–Crippen MR) is 89.8 cm³/mol. The normalized spacial score (nSPS) is 11.4. The van der Waals surface area contributed by atoms with Crippen LogP contribution >= 0.6 is 22.9 Å². The van der Waals surface area contributed by atoms with Gasteiger partial charge in [0.05, 0.1) is 11.3 Å². The number of nitrogens with zero attached hydrogens (tertiary/aromatic N) is 2. The third kappa shape index (κ3) is 4.15. The molecular weight excluding hydrogens is 375 g/mol. The molecule has 0 fully saturated rings. The Morgan fingerprint density at radius 3 is 2.72 bits per heavy atom. The summed E-state index contributed by atoms with van der Waals surface area (Å²) in [6.07, 6.45) is -3.03. The van der Waals surface area contributed by atoms with Gasteiger partial charge < -0.3 is 0 Å². The second-order valence-electron chi connectivity index (χ2n) is 4.93. The molecule has 0 aliphatic rings. The van der Waals surface area contributed by atoms with Crippen LogP contribution < -0.4 is 5.32 Å². The van der Waals surface area contributed by atoms with Crippen LogP contribution in [0.3, 0.4) is 0 Å². The van der Waals surface area contributed by atoms with E-state index in [1.165, 1.54) is 30.5 Å². The molecule has 1 aromatic carbocycles. The lowest BCUT2D eigenvalue weighted by Crippen LogP contribution is -2.13. The third-order valence-corrected chi connectivity index (χ3v) is 4.16. The molecule has 0 saturated carbocycles. The van der Waals surface area contributed by atoms with Gasteiger partial charge in [0, 0.05) is 22.2 Å². The van der Waals surface area contributed by atoms with E-state index in [-0.39, 0.29) is 10.8 Å². The molecule has 0 saturated heterocycles. The van der Waals surface area contributed by atoms with Crippen molar-refractivity contribution in [3.8, 4) is 11.3 Å². The lowest BCUT2D eigenvalue weighted by molar-refractivity contribution is -0.137. The molecule has 2 heterocycles. The number of alkyl halides is 3. The van der Waals surface area contributed by atoms with E-state index < -0.39 is 17.6 Å². The Bertz CT molecular complexity index is 927. The Hall–Kier alpha value is -2.45. The number of rotatable bonds is 3. The van der Waals surface area contributed by atoms with Crippen molar-refractivity contribution < 1.29 is 18.0 Å². The second-order valence-corrected chi connectivity index (χ2v) is 6.22. The van der Waals surface area contributed by atoms with E-state index in [4.69, 9.17) is 11.6 Å². The number of pyridine rings is 1. The first-order chi connectivity index (χ1) is 11.8. The topological polar surface area (TPSA) is 54.9 Å². The van der Waals surface area contributed by atoms with Gasteiger partial charge in [0.25, 0.3) is 5.91 Å². The lowest BCUT2D eigenvalue weighted by atomic mass is 10.1. The Labute approximate surface area is 149 Å². The highest BCUT2D eigenvalue weighted by Gasteiger charge is 2.30. The second kappa shape index (κ2) is 6.81. The molecule has 3 rings (SSSR count). The first kappa shape index (κ1) is 17.4. The number of hydrogen-bond donors (Lipinski definition) is 1. The van der Waals surface area contributed by atoms with Crippen LogP contribution in [0.4, 0.5) is 18.3 Å². The van der Waals surface area contributed by atoms with E-state index in [0.717, 1.165) is 23.5 Å². The minimum atomic E-state index is -4.43. The highest BCUT2D eigenvalue weighted by molar-refractivity contribution is 7.14. The number of halogens is 4. The van der Waals surface area contributed by atoms with Gasteiger partial charge in [-0.25, -0.2) is 4.98 Å². The summed E-state index contributed by atoms with van der Waals surface area (Å²) in [5, 5.41) is 4.73. The van der Waals surface area contributed by atoms with Crippen LogP contribution in [0.2, 0.25) is 5.02 Å². The maximum atomic E-state index is 12.8. The number of carbonyl (C=O) groups is 1. The molecule has 4 nitrogen and oxygen atoms in total. The van der Waals surface area contributed by atoms with Gasteiger partial charge in [-0.1, -0.05) is 23.7 Å². The Kier molecular flexibility index (Phi) is 4.73. The van der Waals surface area contributed by atoms with E-state index in [2.05, 4.69) is 15.3 Å². The van der Waals surface area contributed by atoms with E-state index in [1.807, 2.05) is 0 Å². The zero-order valence-electron chi connectivity index (χ0n) is 12.3. The molecule has 0 atom stereocenters. The summed E-state index contributed by atoms with van der Waals surface area (Å²) in [6, 6.07) is 7.77. The van der Waals surface area contributed by atoms with Crippen molar-refractivity contribution in [1.29, 1.82) is 0 Å². The fourth-order valence-electron chi connectivity index (χ4n) is 2.01. The monoisotopic (exact) mass is 383 g/mol. The van der Waals surface area contributed by atoms with Crippen LogP contribution in [0, 0.1) is 0 Å². The van der Waals surface area contributed by atoms with Crippen LogP contribution in [-0.2, 0) is 6.18 Å². The van der Waals surface area contributed by atoms with E-state index in [0.29, 0.717) is 16.3 Å². The molecule has 128 valence electrons. The zero-order chi connectivity index (χ0) is 18.0. The summed E-state index contributed by atoms with van der Waals surface area (Å²) in [7, 11) is 0. The molecule has 0 spiro atoms. The average molecular weight is 384 g/mol. The minimum absolute atomic E-state index is 0.114. The summed E-state index contributed by atoms with van der Waals surface area (Å²) in [6.45, 7) is 0. The van der Waals surface area contributed by atoms with Crippen molar-refractivity contribution in [2.45, 2.75) is 6.18 Å². The van der Waals surface area contributed by atoms with Crippen LogP contribution in [0.1, 0.15) is 16.1 Å². The molecule has 25 heavy (non-hydrogen) atoms. The van der Waals surface area contributed by atoms with Crippen molar-refractivity contribution in [3.05, 3.63) is 64.3 Å². The highest BCUT2D eigenvalue weighted by Crippen LogP contribution is 2.33. The standard InChI is InChI=1S/C16H9ClF3N3OS/c17-11-4-5-21-12(7-11)14(24)23-15-22-13(8-25-15)9-2-1-3-10(6-9)16(18,19)20/h1-8H,(H,22,23,24). The summed E-state index contributed by atoms with van der Waals surface area (Å²) < 4.78 is 38.4. The van der Waals surface area contributed by atoms with Crippen LogP contribution in [-0.4, -0.2) is 15.9 Å². The molecular formula is C16H9ClF3N3OS. The number of amides is 1. The van der Waals surface area contributed by atoms with Crippen molar-refractivity contribution in [2.24, 2.45) is 0 Å². The van der Waals surface area contributed by atoms with Crippen molar-refractivity contribution in [3.63, 3.8) is 0 Å². The van der Waals surface area contributed by atoms with Gasteiger partial charge in [0.1, 0.15) is 5.69 Å². The van der Waals surface area contributed by atoms with E-state index in [1.54, 1.807) is 5.38 Å². The number of aromatic nitrogens is 2. The van der Waals surface area contributed by atoms with E-state index >= 15 is 0 Å². The fraction of sp³-hybridized carbons (Fsp3) is 0.0625. The molecule has 3 aromatic rings. The molecule has 0 unspecified atom stereocenters. The molecule has 0 radical (unpaired) electrons. The number of thiazole rings is 1. The van der Waals surface area contributed by atoms with Gasteiger partial charge in [-0.15, -0.1) is 11.3 Å². The largest absolute Gasteiger partial charge is 0.416 e. The molecule has 9 heteroatoms.